The molecule has 2 nitrogen and oxygen atoms in total. The van der Waals surface area contributed by atoms with Crippen molar-refractivity contribution < 1.29 is 4.79 Å². The summed E-state index contributed by atoms with van der Waals surface area (Å²) >= 11 is 0. The molecule has 0 spiro atoms. The number of hydrogen-bond donors (Lipinski definition) is 0. The lowest BCUT2D eigenvalue weighted by Gasteiger charge is -2.53. The third-order valence-corrected chi connectivity index (χ3v) is 4.10. The molecule has 0 N–H and O–H groups in total. The fraction of sp³-hybridized carbons (Fsp3) is 0.929. The highest BCUT2D eigenvalue weighted by molar-refractivity contribution is 5.81. The van der Waals surface area contributed by atoms with Crippen molar-refractivity contribution >= 4 is 5.78 Å². The van der Waals surface area contributed by atoms with Crippen molar-refractivity contribution in [2.75, 3.05) is 7.05 Å². The Kier molecular flexibility index (Phi) is 5.18. The lowest BCUT2D eigenvalue weighted by molar-refractivity contribution is -0.135. The molecule has 0 aromatic heterocycles. The summed E-state index contributed by atoms with van der Waals surface area (Å²) in [6.45, 7) is 14.9. The number of piperidine rings is 1. The van der Waals surface area contributed by atoms with E-state index in [9.17, 15) is 4.79 Å². The van der Waals surface area contributed by atoms with Crippen LogP contribution in [-0.2, 0) is 4.79 Å². The van der Waals surface area contributed by atoms with E-state index in [2.05, 4.69) is 46.6 Å². The van der Waals surface area contributed by atoms with Gasteiger partial charge in [-0.1, -0.05) is 27.7 Å². The first kappa shape index (κ1) is 15.6. The molecule has 1 saturated heterocycles. The third kappa shape index (κ3) is 2.85. The Morgan fingerprint density at radius 2 is 1.56 bits per heavy atom. The van der Waals surface area contributed by atoms with Gasteiger partial charge in [-0.05, 0) is 33.7 Å². The van der Waals surface area contributed by atoms with Gasteiger partial charge in [0.1, 0.15) is 5.78 Å². The van der Waals surface area contributed by atoms with Gasteiger partial charge >= 0.3 is 0 Å². The van der Waals surface area contributed by atoms with Crippen LogP contribution in [0.3, 0.4) is 0 Å². The van der Waals surface area contributed by atoms with E-state index in [1.54, 1.807) is 0 Å². The molecule has 0 amide bonds. The second kappa shape index (κ2) is 5.31. The van der Waals surface area contributed by atoms with Crippen LogP contribution in [0.25, 0.3) is 0 Å². The van der Waals surface area contributed by atoms with E-state index >= 15 is 0 Å². The van der Waals surface area contributed by atoms with Crippen molar-refractivity contribution in [3.63, 3.8) is 0 Å². The molecule has 0 saturated carbocycles. The first-order valence-corrected chi connectivity index (χ1v) is 6.46. The number of carbonyl (C=O) groups excluding carboxylic acids is 1. The van der Waals surface area contributed by atoms with E-state index in [4.69, 9.17) is 0 Å². The summed E-state index contributed by atoms with van der Waals surface area (Å²) in [5, 5.41) is 0. The van der Waals surface area contributed by atoms with Crippen LogP contribution in [0.5, 0.6) is 0 Å². The summed E-state index contributed by atoms with van der Waals surface area (Å²) in [7, 11) is 2.15. The van der Waals surface area contributed by atoms with Crippen LogP contribution in [0.15, 0.2) is 0 Å². The first-order chi connectivity index (χ1) is 7.20. The zero-order valence-corrected chi connectivity index (χ0v) is 12.3. The van der Waals surface area contributed by atoms with E-state index in [1.165, 1.54) is 0 Å². The minimum Gasteiger partial charge on any atom is -0.300 e. The summed E-state index contributed by atoms with van der Waals surface area (Å²) in [6, 6.07) is 0. The highest BCUT2D eigenvalue weighted by Gasteiger charge is 2.46. The average molecular weight is 227 g/mol. The van der Waals surface area contributed by atoms with Gasteiger partial charge in [-0.25, -0.2) is 0 Å². The Labute approximate surface area is 101 Å². The van der Waals surface area contributed by atoms with E-state index in [0.717, 1.165) is 0 Å². The summed E-state index contributed by atoms with van der Waals surface area (Å²) in [5.74, 6) is 0.917. The molecule has 0 bridgehead atoms. The minimum atomic E-state index is 0.00829. The maximum atomic E-state index is 11.7. The lowest BCUT2D eigenvalue weighted by atomic mass is 9.73. The maximum Gasteiger partial charge on any atom is 0.136 e. The van der Waals surface area contributed by atoms with Crippen molar-refractivity contribution in [3.8, 4) is 0 Å². The van der Waals surface area contributed by atoms with E-state index in [1.807, 2.05) is 13.8 Å². The van der Waals surface area contributed by atoms with Crippen molar-refractivity contribution in [3.05, 3.63) is 0 Å². The van der Waals surface area contributed by atoms with Gasteiger partial charge in [0.15, 0.2) is 0 Å². The van der Waals surface area contributed by atoms with Crippen LogP contribution in [0, 0.1) is 5.92 Å². The molecule has 1 unspecified atom stereocenters. The van der Waals surface area contributed by atoms with Gasteiger partial charge in [-0.3, -0.25) is 9.69 Å². The van der Waals surface area contributed by atoms with Gasteiger partial charge in [-0.15, -0.1) is 0 Å². The fourth-order valence-corrected chi connectivity index (χ4v) is 2.46. The molecule has 0 aromatic carbocycles. The Balaban J connectivity index is 0.00000106. The minimum absolute atomic E-state index is 0.00829. The molecule has 1 fully saturated rings. The monoisotopic (exact) mass is 227 g/mol. The van der Waals surface area contributed by atoms with Gasteiger partial charge in [0.2, 0.25) is 0 Å². The first-order valence-electron chi connectivity index (χ1n) is 6.46. The Morgan fingerprint density at radius 3 is 1.94 bits per heavy atom. The molecule has 1 rings (SSSR count). The predicted octanol–water partition coefficient (Wildman–Crippen LogP) is 3.50. The maximum absolute atomic E-state index is 11.7. The van der Waals surface area contributed by atoms with Crippen LogP contribution in [0.1, 0.15) is 61.3 Å². The van der Waals surface area contributed by atoms with Crippen LogP contribution in [-0.4, -0.2) is 28.8 Å². The number of nitrogens with zero attached hydrogens (tertiary/aromatic N) is 1. The van der Waals surface area contributed by atoms with Gasteiger partial charge in [-0.2, -0.15) is 0 Å². The van der Waals surface area contributed by atoms with E-state index in [-0.39, 0.29) is 11.1 Å². The SMILES string of the molecule is CC.CC(C)C1(C)CC(=O)CC(C)(C)N1C. The van der Waals surface area contributed by atoms with Crippen LogP contribution < -0.4 is 0 Å². The molecule has 2 heteroatoms. The zero-order valence-electron chi connectivity index (χ0n) is 12.3. The Hall–Kier alpha value is -0.370. The highest BCUT2D eigenvalue weighted by atomic mass is 16.1. The fourth-order valence-electron chi connectivity index (χ4n) is 2.46. The molecule has 16 heavy (non-hydrogen) atoms. The predicted molar refractivity (Wildman–Crippen MR) is 70.7 cm³/mol. The number of likely N-dealkylation sites (tertiary alicyclic amines) is 1. The topological polar surface area (TPSA) is 20.3 Å². The highest BCUT2D eigenvalue weighted by Crippen LogP contribution is 2.39. The molecular weight excluding hydrogens is 198 g/mol. The quantitative estimate of drug-likeness (QED) is 0.683. The average Bonchev–Trinajstić information content (AvgIpc) is 2.16. The van der Waals surface area contributed by atoms with Crippen molar-refractivity contribution in [1.82, 2.24) is 4.90 Å². The summed E-state index contributed by atoms with van der Waals surface area (Å²) in [6.07, 6.45) is 1.39. The van der Waals surface area contributed by atoms with Crippen molar-refractivity contribution in [1.29, 1.82) is 0 Å². The largest absolute Gasteiger partial charge is 0.300 e. The normalized spacial score (nSPS) is 29.9. The number of rotatable bonds is 1. The van der Waals surface area contributed by atoms with Crippen molar-refractivity contribution in [2.45, 2.75) is 72.4 Å². The lowest BCUT2D eigenvalue weighted by Crippen LogP contribution is -2.62. The van der Waals surface area contributed by atoms with Gasteiger partial charge in [0, 0.05) is 23.9 Å². The van der Waals surface area contributed by atoms with Crippen LogP contribution >= 0.6 is 0 Å². The van der Waals surface area contributed by atoms with Gasteiger partial charge in [0.25, 0.3) is 0 Å². The number of carbonyl (C=O) groups is 1. The zero-order chi connectivity index (χ0) is 13.1. The second-order valence-electron chi connectivity index (χ2n) is 5.78. The Bertz CT molecular complexity index is 245. The number of Topliss-reactive ketones (excluding diaryl/α,β-unsaturated/α-hetero) is 1. The molecule has 0 aliphatic carbocycles. The van der Waals surface area contributed by atoms with E-state index < -0.39 is 0 Å². The molecule has 96 valence electrons. The van der Waals surface area contributed by atoms with Gasteiger partial charge < -0.3 is 0 Å². The second-order valence-corrected chi connectivity index (χ2v) is 5.78. The van der Waals surface area contributed by atoms with Crippen LogP contribution in [0.4, 0.5) is 0 Å². The third-order valence-electron chi connectivity index (χ3n) is 4.10. The molecular formula is C14H29NO. The summed E-state index contributed by atoms with van der Waals surface area (Å²) in [4.78, 5) is 14.1. The smallest absolute Gasteiger partial charge is 0.136 e. The summed E-state index contributed by atoms with van der Waals surface area (Å²) < 4.78 is 0. The molecule has 1 atom stereocenters. The summed E-state index contributed by atoms with van der Waals surface area (Å²) in [5.41, 5.74) is 0.0349. The standard InChI is InChI=1S/C12H23NO.C2H6/c1-9(2)12(5)8-10(14)7-11(3,4)13(12)6;1-2/h9H,7-8H2,1-6H3;1-2H3. The molecule has 0 radical (unpaired) electrons. The van der Waals surface area contributed by atoms with Crippen molar-refractivity contribution in [2.24, 2.45) is 5.92 Å². The van der Waals surface area contributed by atoms with Gasteiger partial charge in [0.05, 0.1) is 0 Å². The molecule has 1 aliphatic heterocycles. The molecule has 1 heterocycles. The van der Waals surface area contributed by atoms with Crippen LogP contribution in [0.2, 0.25) is 0 Å². The number of ketones is 1. The Morgan fingerprint density at radius 1 is 1.12 bits per heavy atom. The molecule has 1 aliphatic rings. The van der Waals surface area contributed by atoms with E-state index in [0.29, 0.717) is 24.5 Å². The number of hydrogen-bond acceptors (Lipinski definition) is 2. The molecule has 0 aromatic rings.